The second kappa shape index (κ2) is 6.72. The molecule has 2 rings (SSSR count). The summed E-state index contributed by atoms with van der Waals surface area (Å²) in [6.45, 7) is 5.85. The monoisotopic (exact) mass is 288 g/mol. The van der Waals surface area contributed by atoms with Crippen LogP contribution in [0.3, 0.4) is 0 Å². The largest absolute Gasteiger partial charge is 0.457 e. The molecule has 1 N–H and O–H groups in total. The van der Waals surface area contributed by atoms with E-state index in [0.29, 0.717) is 17.4 Å². The van der Waals surface area contributed by atoms with Crippen LogP contribution in [0.1, 0.15) is 50.3 Å². The van der Waals surface area contributed by atoms with Gasteiger partial charge in [0, 0.05) is 0 Å². The maximum absolute atomic E-state index is 13.8. The smallest absolute Gasteiger partial charge is 0.136 e. The summed E-state index contributed by atoms with van der Waals surface area (Å²) in [6.07, 6.45) is 0.164. The molecule has 0 aliphatic carbocycles. The van der Waals surface area contributed by atoms with Crippen molar-refractivity contribution in [3.63, 3.8) is 0 Å². The summed E-state index contributed by atoms with van der Waals surface area (Å²) in [5.74, 6) is 1.02. The lowest BCUT2D eigenvalue weighted by Crippen LogP contribution is -2.00. The van der Waals surface area contributed by atoms with Crippen LogP contribution in [-0.4, -0.2) is 5.11 Å². The summed E-state index contributed by atoms with van der Waals surface area (Å²) in [6, 6.07) is 12.3. The van der Waals surface area contributed by atoms with Crippen molar-refractivity contribution in [1.29, 1.82) is 0 Å². The van der Waals surface area contributed by atoms with Gasteiger partial charge in [0.1, 0.15) is 17.3 Å². The van der Waals surface area contributed by atoms with Crippen LogP contribution in [0, 0.1) is 5.82 Å². The third-order valence-electron chi connectivity index (χ3n) is 3.72. The molecule has 2 nitrogen and oxygen atoms in total. The van der Waals surface area contributed by atoms with Crippen molar-refractivity contribution in [2.45, 2.75) is 39.2 Å². The Labute approximate surface area is 125 Å². The molecular weight excluding hydrogens is 267 g/mol. The molecule has 0 saturated carbocycles. The third kappa shape index (κ3) is 3.61. The number of hydrogen-bond acceptors (Lipinski definition) is 2. The van der Waals surface area contributed by atoms with Crippen LogP contribution in [0.15, 0.2) is 42.5 Å². The molecule has 0 fully saturated rings. The van der Waals surface area contributed by atoms with Crippen LogP contribution < -0.4 is 4.74 Å². The van der Waals surface area contributed by atoms with Crippen molar-refractivity contribution in [1.82, 2.24) is 0 Å². The first-order valence-electron chi connectivity index (χ1n) is 7.27. The van der Waals surface area contributed by atoms with Gasteiger partial charge in [-0.25, -0.2) is 4.39 Å². The number of aliphatic hydroxyl groups is 1. The van der Waals surface area contributed by atoms with Gasteiger partial charge >= 0.3 is 0 Å². The lowest BCUT2D eigenvalue weighted by atomic mass is 9.99. The molecule has 2 aromatic rings. The Hall–Kier alpha value is -1.87. The Bertz CT molecular complexity index is 591. The highest BCUT2D eigenvalue weighted by molar-refractivity contribution is 5.40. The van der Waals surface area contributed by atoms with Gasteiger partial charge in [-0.2, -0.15) is 0 Å². The summed E-state index contributed by atoms with van der Waals surface area (Å²) < 4.78 is 19.5. The third-order valence-corrected chi connectivity index (χ3v) is 3.72. The van der Waals surface area contributed by atoms with Crippen molar-refractivity contribution in [2.24, 2.45) is 0 Å². The van der Waals surface area contributed by atoms with Crippen LogP contribution in [-0.2, 0) is 0 Å². The SMILES string of the molecule is CCC(C)c1ccc(Oc2cccc(F)c2[C@H](C)O)cc1. The van der Waals surface area contributed by atoms with Crippen LogP contribution in [0.5, 0.6) is 11.5 Å². The van der Waals surface area contributed by atoms with E-state index in [0.717, 1.165) is 6.42 Å². The number of halogens is 1. The molecule has 112 valence electrons. The number of aliphatic hydroxyl groups excluding tert-OH is 1. The fourth-order valence-corrected chi connectivity index (χ4v) is 2.24. The molecule has 0 bridgehead atoms. The molecule has 1 unspecified atom stereocenters. The first kappa shape index (κ1) is 15.5. The molecule has 0 aliphatic rings. The Morgan fingerprint density at radius 3 is 2.33 bits per heavy atom. The summed E-state index contributed by atoms with van der Waals surface area (Å²) in [5, 5.41) is 9.69. The molecule has 2 aromatic carbocycles. The maximum Gasteiger partial charge on any atom is 0.136 e. The Morgan fingerprint density at radius 1 is 1.10 bits per heavy atom. The van der Waals surface area contributed by atoms with Gasteiger partial charge in [0.15, 0.2) is 0 Å². The van der Waals surface area contributed by atoms with Crippen LogP contribution in [0.4, 0.5) is 4.39 Å². The lowest BCUT2D eigenvalue weighted by molar-refractivity contribution is 0.190. The predicted molar refractivity (Wildman–Crippen MR) is 82.3 cm³/mol. The van der Waals surface area contributed by atoms with E-state index in [1.807, 2.05) is 24.3 Å². The standard InChI is InChI=1S/C18H21FO2/c1-4-12(2)14-8-10-15(11-9-14)21-17-7-5-6-16(19)18(17)13(3)20/h5-13,20H,4H2,1-3H3/t12?,13-/m0/s1. The summed E-state index contributed by atoms with van der Waals surface area (Å²) >= 11 is 0. The average Bonchev–Trinajstić information content (AvgIpc) is 2.47. The summed E-state index contributed by atoms with van der Waals surface area (Å²) in [4.78, 5) is 0. The number of rotatable bonds is 5. The minimum absolute atomic E-state index is 0.184. The quantitative estimate of drug-likeness (QED) is 0.821. The zero-order valence-electron chi connectivity index (χ0n) is 12.6. The first-order valence-corrected chi connectivity index (χ1v) is 7.27. The van der Waals surface area contributed by atoms with E-state index in [4.69, 9.17) is 4.74 Å². The molecule has 2 atom stereocenters. The van der Waals surface area contributed by atoms with Crippen molar-refractivity contribution >= 4 is 0 Å². The topological polar surface area (TPSA) is 29.5 Å². The van der Waals surface area contributed by atoms with Gasteiger partial charge in [0.05, 0.1) is 11.7 Å². The Morgan fingerprint density at radius 2 is 1.76 bits per heavy atom. The highest BCUT2D eigenvalue weighted by atomic mass is 19.1. The molecule has 3 heteroatoms. The van der Waals surface area contributed by atoms with Crippen molar-refractivity contribution in [3.8, 4) is 11.5 Å². The highest BCUT2D eigenvalue weighted by Gasteiger charge is 2.15. The van der Waals surface area contributed by atoms with E-state index in [2.05, 4.69) is 13.8 Å². The van der Waals surface area contributed by atoms with E-state index < -0.39 is 11.9 Å². The molecule has 0 spiro atoms. The highest BCUT2D eigenvalue weighted by Crippen LogP contribution is 2.32. The molecule has 0 saturated heterocycles. The van der Waals surface area contributed by atoms with E-state index >= 15 is 0 Å². The van der Waals surface area contributed by atoms with E-state index in [-0.39, 0.29) is 5.56 Å². The minimum atomic E-state index is -0.916. The molecule has 0 amide bonds. The van der Waals surface area contributed by atoms with Gasteiger partial charge in [-0.05, 0) is 49.1 Å². The summed E-state index contributed by atoms with van der Waals surface area (Å²) in [5.41, 5.74) is 1.43. The Balaban J connectivity index is 2.25. The van der Waals surface area contributed by atoms with Crippen molar-refractivity contribution in [3.05, 3.63) is 59.4 Å². The zero-order chi connectivity index (χ0) is 15.4. The van der Waals surface area contributed by atoms with E-state index in [1.165, 1.54) is 18.6 Å². The molecule has 0 aromatic heterocycles. The predicted octanol–water partition coefficient (Wildman–Crippen LogP) is 5.18. The number of ether oxygens (including phenoxy) is 1. The van der Waals surface area contributed by atoms with E-state index in [1.54, 1.807) is 12.1 Å². The maximum atomic E-state index is 13.8. The van der Waals surface area contributed by atoms with Gasteiger partial charge in [-0.3, -0.25) is 0 Å². The van der Waals surface area contributed by atoms with Gasteiger partial charge in [-0.1, -0.05) is 32.0 Å². The molecule has 21 heavy (non-hydrogen) atoms. The molecular formula is C18H21FO2. The van der Waals surface area contributed by atoms with Gasteiger partial charge in [-0.15, -0.1) is 0 Å². The molecule has 0 heterocycles. The van der Waals surface area contributed by atoms with Gasteiger partial charge < -0.3 is 9.84 Å². The fourth-order valence-electron chi connectivity index (χ4n) is 2.24. The number of benzene rings is 2. The van der Waals surface area contributed by atoms with Crippen molar-refractivity contribution in [2.75, 3.05) is 0 Å². The van der Waals surface area contributed by atoms with Crippen LogP contribution in [0.2, 0.25) is 0 Å². The second-order valence-electron chi connectivity index (χ2n) is 5.31. The van der Waals surface area contributed by atoms with Crippen LogP contribution >= 0.6 is 0 Å². The Kier molecular flexibility index (Phi) is 4.97. The lowest BCUT2D eigenvalue weighted by Gasteiger charge is -2.15. The summed E-state index contributed by atoms with van der Waals surface area (Å²) in [7, 11) is 0. The average molecular weight is 288 g/mol. The van der Waals surface area contributed by atoms with Gasteiger partial charge in [0.2, 0.25) is 0 Å². The van der Waals surface area contributed by atoms with Crippen LogP contribution in [0.25, 0.3) is 0 Å². The van der Waals surface area contributed by atoms with Crippen molar-refractivity contribution < 1.29 is 14.2 Å². The first-order chi connectivity index (χ1) is 10.0. The molecule has 0 aliphatic heterocycles. The van der Waals surface area contributed by atoms with E-state index in [9.17, 15) is 9.50 Å². The second-order valence-corrected chi connectivity index (χ2v) is 5.31. The fraction of sp³-hybridized carbons (Fsp3) is 0.333. The zero-order valence-corrected chi connectivity index (χ0v) is 12.6. The minimum Gasteiger partial charge on any atom is -0.457 e. The van der Waals surface area contributed by atoms with Gasteiger partial charge in [0.25, 0.3) is 0 Å². The molecule has 0 radical (unpaired) electrons. The normalized spacial score (nSPS) is 13.8. The number of hydrogen-bond donors (Lipinski definition) is 1.